The minimum absolute atomic E-state index is 0.196. The Morgan fingerprint density at radius 2 is 2.00 bits per heavy atom. The molecule has 0 radical (unpaired) electrons. The Morgan fingerprint density at radius 3 is 2.69 bits per heavy atom. The first-order chi connectivity index (χ1) is 7.72. The number of halogens is 1. The van der Waals surface area contributed by atoms with Crippen LogP contribution in [0.1, 0.15) is 5.56 Å². The van der Waals surface area contributed by atoms with Gasteiger partial charge >= 0.3 is 0 Å². The molecular formula is C12H10FNO2. The van der Waals surface area contributed by atoms with Crippen molar-refractivity contribution >= 4 is 0 Å². The number of rotatable bonds is 2. The van der Waals surface area contributed by atoms with Crippen molar-refractivity contribution in [2.45, 2.75) is 6.61 Å². The first kappa shape index (κ1) is 10.6. The number of nitrogens with one attached hydrogen (secondary N) is 1. The zero-order valence-electron chi connectivity index (χ0n) is 8.40. The highest BCUT2D eigenvalue weighted by Crippen LogP contribution is 2.19. The van der Waals surface area contributed by atoms with Crippen LogP contribution in [-0.4, -0.2) is 10.1 Å². The van der Waals surface area contributed by atoms with Gasteiger partial charge in [0.25, 0.3) is 5.56 Å². The number of hydrogen-bond acceptors (Lipinski definition) is 2. The van der Waals surface area contributed by atoms with E-state index >= 15 is 0 Å². The third kappa shape index (κ3) is 1.87. The molecule has 2 N–H and O–H groups in total. The van der Waals surface area contributed by atoms with Gasteiger partial charge in [-0.3, -0.25) is 4.79 Å². The van der Waals surface area contributed by atoms with E-state index in [0.717, 1.165) is 0 Å². The number of aromatic nitrogens is 1. The van der Waals surface area contributed by atoms with E-state index in [-0.39, 0.29) is 23.3 Å². The lowest BCUT2D eigenvalue weighted by Crippen LogP contribution is -2.10. The van der Waals surface area contributed by atoms with Gasteiger partial charge in [-0.05, 0) is 17.7 Å². The molecule has 0 saturated carbocycles. The Kier molecular flexibility index (Phi) is 2.83. The van der Waals surface area contributed by atoms with Gasteiger partial charge in [0.15, 0.2) is 0 Å². The highest BCUT2D eigenvalue weighted by molar-refractivity contribution is 5.63. The topological polar surface area (TPSA) is 53.1 Å². The molecular weight excluding hydrogens is 209 g/mol. The molecule has 0 aliphatic carbocycles. The summed E-state index contributed by atoms with van der Waals surface area (Å²) in [6, 6.07) is 7.52. The second-order valence-corrected chi connectivity index (χ2v) is 3.39. The Labute approximate surface area is 91.2 Å². The van der Waals surface area contributed by atoms with Crippen molar-refractivity contribution in [1.82, 2.24) is 4.98 Å². The van der Waals surface area contributed by atoms with E-state index in [4.69, 9.17) is 5.11 Å². The third-order valence-electron chi connectivity index (χ3n) is 2.31. The number of aliphatic hydroxyl groups excluding tert-OH is 1. The highest BCUT2D eigenvalue weighted by atomic mass is 19.1. The van der Waals surface area contributed by atoms with Gasteiger partial charge in [-0.1, -0.05) is 18.2 Å². The van der Waals surface area contributed by atoms with Gasteiger partial charge in [0.1, 0.15) is 5.82 Å². The van der Waals surface area contributed by atoms with Crippen molar-refractivity contribution < 1.29 is 9.50 Å². The molecule has 0 aliphatic heterocycles. The number of hydrogen-bond donors (Lipinski definition) is 2. The van der Waals surface area contributed by atoms with Crippen molar-refractivity contribution in [3.8, 4) is 11.1 Å². The van der Waals surface area contributed by atoms with E-state index in [1.54, 1.807) is 12.1 Å². The lowest BCUT2D eigenvalue weighted by molar-refractivity contribution is 0.281. The van der Waals surface area contributed by atoms with Crippen LogP contribution in [0.15, 0.2) is 41.3 Å². The van der Waals surface area contributed by atoms with Crippen LogP contribution >= 0.6 is 0 Å². The number of benzene rings is 1. The molecule has 0 amide bonds. The van der Waals surface area contributed by atoms with E-state index in [9.17, 15) is 9.18 Å². The van der Waals surface area contributed by atoms with Crippen molar-refractivity contribution in [3.63, 3.8) is 0 Å². The fourth-order valence-corrected chi connectivity index (χ4v) is 1.50. The fourth-order valence-electron chi connectivity index (χ4n) is 1.50. The maximum absolute atomic E-state index is 13.5. The van der Waals surface area contributed by atoms with Crippen molar-refractivity contribution in [3.05, 3.63) is 58.3 Å². The molecule has 2 rings (SSSR count). The predicted molar refractivity (Wildman–Crippen MR) is 58.4 cm³/mol. The molecule has 0 aliphatic rings. The van der Waals surface area contributed by atoms with Crippen molar-refractivity contribution in [1.29, 1.82) is 0 Å². The first-order valence-electron chi connectivity index (χ1n) is 4.79. The summed E-state index contributed by atoms with van der Waals surface area (Å²) < 4.78 is 13.5. The number of aromatic amines is 1. The van der Waals surface area contributed by atoms with Gasteiger partial charge in [-0.25, -0.2) is 4.39 Å². The second-order valence-electron chi connectivity index (χ2n) is 3.39. The van der Waals surface area contributed by atoms with Crippen LogP contribution in [0.5, 0.6) is 0 Å². The number of aliphatic hydroxyl groups is 1. The molecule has 1 aromatic carbocycles. The number of H-pyrrole nitrogens is 1. The van der Waals surface area contributed by atoms with Crippen molar-refractivity contribution in [2.75, 3.05) is 0 Å². The average molecular weight is 219 g/mol. The molecule has 0 atom stereocenters. The van der Waals surface area contributed by atoms with Crippen molar-refractivity contribution in [2.24, 2.45) is 0 Å². The van der Waals surface area contributed by atoms with Gasteiger partial charge < -0.3 is 10.1 Å². The van der Waals surface area contributed by atoms with Gasteiger partial charge in [0.05, 0.1) is 12.2 Å². The van der Waals surface area contributed by atoms with Crippen LogP contribution in [0.3, 0.4) is 0 Å². The number of pyridine rings is 1. The van der Waals surface area contributed by atoms with Crippen LogP contribution in [-0.2, 0) is 6.61 Å². The quantitative estimate of drug-likeness (QED) is 0.807. The summed E-state index contributed by atoms with van der Waals surface area (Å²) in [5.41, 5.74) is 0.629. The minimum atomic E-state index is -0.455. The lowest BCUT2D eigenvalue weighted by atomic mass is 10.1. The standard InChI is InChI=1S/C12H10FNO2/c13-11-4-2-1-3-9(11)10-5-8(7-15)6-14-12(10)16/h1-6,15H,7H2,(H,14,16). The molecule has 0 spiro atoms. The Balaban J connectivity index is 2.64. The summed E-state index contributed by atoms with van der Waals surface area (Å²) in [6.45, 7) is -0.196. The smallest absolute Gasteiger partial charge is 0.255 e. The fraction of sp³-hybridized carbons (Fsp3) is 0.0833. The molecule has 1 aromatic heterocycles. The molecule has 2 aromatic rings. The Hall–Kier alpha value is -1.94. The van der Waals surface area contributed by atoms with Gasteiger partial charge in [-0.2, -0.15) is 0 Å². The van der Waals surface area contributed by atoms with Crippen LogP contribution in [0.25, 0.3) is 11.1 Å². The molecule has 0 saturated heterocycles. The Bertz CT molecular complexity index is 563. The highest BCUT2D eigenvalue weighted by Gasteiger charge is 2.08. The summed E-state index contributed by atoms with van der Waals surface area (Å²) in [5, 5.41) is 8.95. The van der Waals surface area contributed by atoms with Crippen LogP contribution in [0.4, 0.5) is 4.39 Å². The lowest BCUT2D eigenvalue weighted by Gasteiger charge is -2.03. The van der Waals surface area contributed by atoms with E-state index < -0.39 is 5.82 Å². The SMILES string of the molecule is O=c1[nH]cc(CO)cc1-c1ccccc1F. The monoisotopic (exact) mass is 219 g/mol. The Morgan fingerprint density at radius 1 is 1.25 bits per heavy atom. The predicted octanol–water partition coefficient (Wildman–Crippen LogP) is 1.67. The first-order valence-corrected chi connectivity index (χ1v) is 4.79. The molecule has 0 fully saturated rings. The van der Waals surface area contributed by atoms with Gasteiger partial charge in [-0.15, -0.1) is 0 Å². The molecule has 3 nitrogen and oxygen atoms in total. The zero-order valence-corrected chi connectivity index (χ0v) is 8.40. The molecule has 16 heavy (non-hydrogen) atoms. The average Bonchev–Trinajstić information content (AvgIpc) is 2.31. The second kappa shape index (κ2) is 4.28. The summed E-state index contributed by atoms with van der Waals surface area (Å²) in [5.74, 6) is -0.455. The van der Waals surface area contributed by atoms with Crippen LogP contribution in [0.2, 0.25) is 0 Å². The van der Waals surface area contributed by atoms with E-state index in [1.807, 2.05) is 0 Å². The third-order valence-corrected chi connectivity index (χ3v) is 2.31. The largest absolute Gasteiger partial charge is 0.392 e. The van der Waals surface area contributed by atoms with E-state index in [2.05, 4.69) is 4.98 Å². The normalized spacial score (nSPS) is 10.4. The summed E-state index contributed by atoms with van der Waals surface area (Å²) in [6.07, 6.45) is 1.41. The molecule has 82 valence electrons. The van der Waals surface area contributed by atoms with E-state index in [0.29, 0.717) is 5.56 Å². The summed E-state index contributed by atoms with van der Waals surface area (Å²) >= 11 is 0. The van der Waals surface area contributed by atoms with Crippen LogP contribution < -0.4 is 5.56 Å². The molecule has 0 bridgehead atoms. The zero-order chi connectivity index (χ0) is 11.5. The van der Waals surface area contributed by atoms with Gasteiger partial charge in [0, 0.05) is 11.8 Å². The van der Waals surface area contributed by atoms with E-state index in [1.165, 1.54) is 24.4 Å². The molecule has 0 unspecified atom stereocenters. The molecule has 4 heteroatoms. The summed E-state index contributed by atoms with van der Waals surface area (Å²) in [7, 11) is 0. The maximum atomic E-state index is 13.5. The minimum Gasteiger partial charge on any atom is -0.392 e. The van der Waals surface area contributed by atoms with Crippen LogP contribution in [0, 0.1) is 5.82 Å². The maximum Gasteiger partial charge on any atom is 0.255 e. The van der Waals surface area contributed by atoms with Gasteiger partial charge in [0.2, 0.25) is 0 Å². The molecule has 1 heterocycles. The summed E-state index contributed by atoms with van der Waals surface area (Å²) in [4.78, 5) is 14.0.